The molecule has 3 aliphatic heterocycles. The number of nitrogens with one attached hydrogen (secondary N) is 1. The molecule has 1 saturated carbocycles. The maximum absolute atomic E-state index is 14.1. The summed E-state index contributed by atoms with van der Waals surface area (Å²) in [5.41, 5.74) is 3.86. The molecule has 1 aliphatic carbocycles. The quantitative estimate of drug-likeness (QED) is 0.416. The Hall–Kier alpha value is -3.23. The van der Waals surface area contributed by atoms with E-state index in [1.807, 2.05) is 36.1 Å². The Morgan fingerprint density at radius 1 is 1.24 bits per heavy atom. The molecule has 2 aromatic carbocycles. The second-order valence-corrected chi connectivity index (χ2v) is 11.8. The maximum Gasteiger partial charge on any atom is 0.254 e. The number of aryl methyl sites for hydroxylation is 1. The van der Waals surface area contributed by atoms with E-state index in [0.29, 0.717) is 43.1 Å². The van der Waals surface area contributed by atoms with Gasteiger partial charge >= 0.3 is 0 Å². The number of aliphatic hydroxyl groups is 1. The van der Waals surface area contributed by atoms with Crippen LogP contribution in [0.4, 0.5) is 4.39 Å². The number of rotatable bonds is 4. The summed E-state index contributed by atoms with van der Waals surface area (Å²) in [4.78, 5) is 20.6. The second-order valence-electron chi connectivity index (χ2n) is 11.8. The smallest absolute Gasteiger partial charge is 0.254 e. The van der Waals surface area contributed by atoms with Gasteiger partial charge in [-0.3, -0.25) is 4.79 Å². The number of benzene rings is 2. The van der Waals surface area contributed by atoms with Crippen molar-refractivity contribution in [2.24, 2.45) is 5.92 Å². The normalized spacial score (nSPS) is 28.3. The topological polar surface area (TPSA) is 85.2 Å². The molecule has 0 spiro atoms. The van der Waals surface area contributed by atoms with Gasteiger partial charge in [-0.1, -0.05) is 0 Å². The van der Waals surface area contributed by atoms with E-state index in [0.717, 1.165) is 45.6 Å². The fourth-order valence-corrected chi connectivity index (χ4v) is 6.70. The Bertz CT molecular complexity index is 1630. The van der Waals surface area contributed by atoms with Crippen LogP contribution in [0.15, 0.2) is 36.4 Å². The Morgan fingerprint density at radius 2 is 2.08 bits per heavy atom. The lowest BCUT2D eigenvalue weighted by molar-refractivity contribution is 0.0398. The monoisotopic (exact) mass is 499 g/mol. The van der Waals surface area contributed by atoms with Crippen molar-refractivity contribution in [1.29, 1.82) is 0 Å². The molecule has 4 unspecified atom stereocenters. The predicted octanol–water partition coefficient (Wildman–Crippen LogP) is 4.00. The molecule has 2 aromatic heterocycles. The van der Waals surface area contributed by atoms with Crippen LogP contribution in [-0.2, 0) is 18.7 Å². The minimum atomic E-state index is -1.05. The number of likely N-dealkylation sites (tertiary alicyclic amines) is 1. The van der Waals surface area contributed by atoms with Gasteiger partial charge in [0.15, 0.2) is 5.82 Å². The van der Waals surface area contributed by atoms with Gasteiger partial charge in [0.25, 0.3) is 5.91 Å². The Labute approximate surface area is 213 Å². The largest absolute Gasteiger partial charge is 0.385 e. The molecular formula is C29H30FN5O2. The number of hydrogen-bond donors (Lipinski definition) is 2. The Morgan fingerprint density at radius 3 is 2.84 bits per heavy atom. The lowest BCUT2D eigenvalue weighted by Crippen LogP contribution is -2.40. The Balaban J connectivity index is 1.31. The third-order valence-corrected chi connectivity index (χ3v) is 9.12. The summed E-state index contributed by atoms with van der Waals surface area (Å²) in [7, 11) is 0. The number of amides is 1. The third kappa shape index (κ3) is 3.18. The van der Waals surface area contributed by atoms with Crippen LogP contribution in [0.3, 0.4) is 0 Å². The van der Waals surface area contributed by atoms with E-state index in [4.69, 9.17) is 4.98 Å². The first-order chi connectivity index (χ1) is 17.8. The van der Waals surface area contributed by atoms with Gasteiger partial charge < -0.3 is 24.5 Å². The highest BCUT2D eigenvalue weighted by molar-refractivity contribution is 6.00. The van der Waals surface area contributed by atoms with E-state index in [1.54, 1.807) is 6.07 Å². The van der Waals surface area contributed by atoms with E-state index < -0.39 is 5.60 Å². The molecule has 0 bridgehead atoms. The van der Waals surface area contributed by atoms with Gasteiger partial charge in [-0.25, -0.2) is 9.37 Å². The molecule has 0 radical (unpaired) electrons. The van der Waals surface area contributed by atoms with Crippen LogP contribution in [-0.4, -0.2) is 54.7 Å². The molecule has 4 aliphatic rings. The van der Waals surface area contributed by atoms with Crippen LogP contribution in [0.2, 0.25) is 0 Å². The summed E-state index contributed by atoms with van der Waals surface area (Å²) in [6.45, 7) is 6.14. The highest BCUT2D eigenvalue weighted by Crippen LogP contribution is 2.42. The van der Waals surface area contributed by atoms with E-state index in [2.05, 4.69) is 21.4 Å². The van der Waals surface area contributed by atoms with E-state index in [1.165, 1.54) is 18.9 Å². The number of piperazine rings is 1. The molecule has 5 heterocycles. The number of carbonyl (C=O) groups is 1. The van der Waals surface area contributed by atoms with Crippen molar-refractivity contribution in [3.05, 3.63) is 53.3 Å². The standard InChI is InChI=1S/C29H30FN5O2/c1-15-25-22(31-25)14-34(15)28(36)18-10-20-26-21(11-18)32-27(33(26)8-7-29(20,2)37)24-12-17-9-19(30)5-6-23(17)35(24)13-16-3-4-16/h5-6,9-12,15-16,22,25,31,37H,3-4,7-8,13-14H2,1-2H3. The zero-order valence-corrected chi connectivity index (χ0v) is 21.0. The number of nitrogens with zero attached hydrogens (tertiary/aromatic N) is 4. The first kappa shape index (κ1) is 21.8. The fraction of sp³-hybridized carbons (Fsp3) is 0.448. The van der Waals surface area contributed by atoms with Crippen LogP contribution < -0.4 is 5.32 Å². The number of aromatic nitrogens is 3. The summed E-state index contributed by atoms with van der Waals surface area (Å²) >= 11 is 0. The Kier molecular flexibility index (Phi) is 4.25. The molecule has 190 valence electrons. The molecule has 1 amide bonds. The van der Waals surface area contributed by atoms with Crippen molar-refractivity contribution in [2.75, 3.05) is 6.54 Å². The van der Waals surface area contributed by atoms with Gasteiger partial charge in [0.05, 0.1) is 22.3 Å². The summed E-state index contributed by atoms with van der Waals surface area (Å²) < 4.78 is 18.6. The van der Waals surface area contributed by atoms with Crippen molar-refractivity contribution in [2.45, 2.75) is 69.9 Å². The molecule has 8 heteroatoms. The summed E-state index contributed by atoms with van der Waals surface area (Å²) in [5.74, 6) is 1.19. The van der Waals surface area contributed by atoms with Gasteiger partial charge in [-0.05, 0) is 75.4 Å². The van der Waals surface area contributed by atoms with Crippen molar-refractivity contribution in [1.82, 2.24) is 24.3 Å². The molecular weight excluding hydrogens is 469 g/mol. The molecule has 8 rings (SSSR count). The maximum atomic E-state index is 14.1. The lowest BCUT2D eigenvalue weighted by atomic mass is 9.87. The minimum absolute atomic E-state index is 0.00422. The van der Waals surface area contributed by atoms with E-state index in [9.17, 15) is 14.3 Å². The molecule has 4 atom stereocenters. The van der Waals surface area contributed by atoms with Crippen LogP contribution in [0.1, 0.15) is 49.0 Å². The zero-order valence-electron chi connectivity index (χ0n) is 21.0. The average molecular weight is 500 g/mol. The summed E-state index contributed by atoms with van der Waals surface area (Å²) in [5, 5.41) is 15.7. The molecule has 2 saturated heterocycles. The highest BCUT2D eigenvalue weighted by atomic mass is 19.1. The second kappa shape index (κ2) is 7.20. The number of carbonyl (C=O) groups excluding carboxylic acids is 1. The van der Waals surface area contributed by atoms with Crippen LogP contribution in [0, 0.1) is 11.7 Å². The zero-order chi connectivity index (χ0) is 25.2. The van der Waals surface area contributed by atoms with Crippen molar-refractivity contribution >= 4 is 27.8 Å². The number of halogens is 1. The lowest BCUT2D eigenvalue weighted by Gasteiger charge is -2.31. The highest BCUT2D eigenvalue weighted by Gasteiger charge is 2.52. The van der Waals surface area contributed by atoms with E-state index >= 15 is 0 Å². The van der Waals surface area contributed by atoms with Crippen LogP contribution in [0.25, 0.3) is 33.5 Å². The van der Waals surface area contributed by atoms with Gasteiger partial charge in [-0.15, -0.1) is 0 Å². The molecule has 4 aromatic rings. The first-order valence-corrected chi connectivity index (χ1v) is 13.4. The SMILES string of the molecule is CC1C2NC2CN1C(=O)c1cc2c3c(c1)nc(-c1cc4cc(F)ccc4n1CC1CC1)n3CCC2(C)O. The molecule has 7 nitrogen and oxygen atoms in total. The molecule has 37 heavy (non-hydrogen) atoms. The van der Waals surface area contributed by atoms with Gasteiger partial charge in [-0.2, -0.15) is 0 Å². The summed E-state index contributed by atoms with van der Waals surface area (Å²) in [6, 6.07) is 11.7. The van der Waals surface area contributed by atoms with E-state index in [-0.39, 0.29) is 17.8 Å². The number of fused-ring (bicyclic) bond motifs is 2. The number of imidazole rings is 1. The fourth-order valence-electron chi connectivity index (χ4n) is 6.70. The van der Waals surface area contributed by atoms with Gasteiger partial charge in [0.2, 0.25) is 0 Å². The van der Waals surface area contributed by atoms with Crippen LogP contribution in [0.5, 0.6) is 0 Å². The minimum Gasteiger partial charge on any atom is -0.385 e. The average Bonchev–Trinajstić information content (AvgIpc) is 3.75. The van der Waals surface area contributed by atoms with Gasteiger partial charge in [0.1, 0.15) is 5.82 Å². The predicted molar refractivity (Wildman–Crippen MR) is 139 cm³/mol. The van der Waals surface area contributed by atoms with Crippen molar-refractivity contribution in [3.63, 3.8) is 0 Å². The summed E-state index contributed by atoms with van der Waals surface area (Å²) in [6.07, 6.45) is 2.95. The molecule has 3 fully saturated rings. The van der Waals surface area contributed by atoms with Crippen molar-refractivity contribution in [3.8, 4) is 11.5 Å². The molecule has 2 N–H and O–H groups in total. The first-order valence-electron chi connectivity index (χ1n) is 13.4. The third-order valence-electron chi connectivity index (χ3n) is 9.12. The van der Waals surface area contributed by atoms with Crippen LogP contribution >= 0.6 is 0 Å². The van der Waals surface area contributed by atoms with Crippen molar-refractivity contribution < 1.29 is 14.3 Å². The number of hydrogen-bond acceptors (Lipinski definition) is 4. The van der Waals surface area contributed by atoms with Gasteiger partial charge in [0, 0.05) is 59.8 Å².